The Morgan fingerprint density at radius 3 is 2.50 bits per heavy atom. The van der Waals surface area contributed by atoms with Crippen LogP contribution >= 0.6 is 0 Å². The summed E-state index contributed by atoms with van der Waals surface area (Å²) in [5.41, 5.74) is 2.46. The average molecular weight is 191 g/mol. The second-order valence-electron chi connectivity index (χ2n) is 3.36. The minimum Gasteiger partial charge on any atom is -0.264 e. The molecule has 0 aliphatic heterocycles. The summed E-state index contributed by atoms with van der Waals surface area (Å²) < 4.78 is 0. The van der Waals surface area contributed by atoms with Gasteiger partial charge in [-0.05, 0) is 38.8 Å². The molecule has 0 aliphatic carbocycles. The lowest BCUT2D eigenvalue weighted by Crippen LogP contribution is -1.74. The fourth-order valence-electron chi connectivity index (χ4n) is 0.836. The number of allylic oxidation sites excluding steroid dienone is 5. The fraction of sp³-hybridized carbons (Fsp3) is 0.462. The van der Waals surface area contributed by atoms with Crippen molar-refractivity contribution in [1.29, 1.82) is 0 Å². The number of aliphatic imine (C=N–C) groups is 1. The highest BCUT2D eigenvalue weighted by atomic mass is 14.7. The van der Waals surface area contributed by atoms with Gasteiger partial charge in [-0.25, -0.2) is 0 Å². The van der Waals surface area contributed by atoms with E-state index < -0.39 is 0 Å². The second kappa shape index (κ2) is 8.49. The third-order valence-corrected chi connectivity index (χ3v) is 1.91. The zero-order chi connectivity index (χ0) is 10.8. The van der Waals surface area contributed by atoms with Crippen LogP contribution in [0.3, 0.4) is 0 Å². The van der Waals surface area contributed by atoms with Crippen molar-refractivity contribution in [3.8, 4) is 0 Å². The highest BCUT2D eigenvalue weighted by Gasteiger charge is 1.80. The highest BCUT2D eigenvalue weighted by molar-refractivity contribution is 5.77. The van der Waals surface area contributed by atoms with Crippen LogP contribution in [0, 0.1) is 0 Å². The Balaban J connectivity index is 4.00. The van der Waals surface area contributed by atoms with Gasteiger partial charge in [0.05, 0.1) is 0 Å². The first-order valence-electron chi connectivity index (χ1n) is 5.20. The summed E-state index contributed by atoms with van der Waals surface area (Å²) in [7, 11) is 0. The first-order chi connectivity index (χ1) is 6.70. The summed E-state index contributed by atoms with van der Waals surface area (Å²) >= 11 is 0. The summed E-state index contributed by atoms with van der Waals surface area (Å²) in [4.78, 5) is 4.18. The van der Waals surface area contributed by atoms with E-state index in [1.54, 1.807) is 0 Å². The number of nitrogens with zero attached hydrogens (tertiary/aromatic N) is 1. The van der Waals surface area contributed by atoms with Crippen LogP contribution in [0.1, 0.15) is 40.5 Å². The van der Waals surface area contributed by atoms with Crippen molar-refractivity contribution >= 4 is 6.21 Å². The number of hydrogen-bond donors (Lipinski definition) is 0. The standard InChI is InChI=1S/C13H21N/c1-5-7-8-13(4)9-10-14-11-12(3)6-2/h6,8-11H,5,7H2,1-4H3/b10-9-,12-6+,13-8+,14-11-. The Morgan fingerprint density at radius 1 is 1.21 bits per heavy atom. The maximum Gasteiger partial charge on any atom is 0.0293 e. The molecule has 14 heavy (non-hydrogen) atoms. The molecule has 0 fully saturated rings. The Hall–Kier alpha value is -1.11. The summed E-state index contributed by atoms with van der Waals surface area (Å²) in [5.74, 6) is 0. The molecule has 0 spiro atoms. The van der Waals surface area contributed by atoms with Crippen LogP contribution in [0.5, 0.6) is 0 Å². The molecule has 0 aromatic carbocycles. The van der Waals surface area contributed by atoms with Gasteiger partial charge in [0.2, 0.25) is 0 Å². The fourth-order valence-corrected chi connectivity index (χ4v) is 0.836. The van der Waals surface area contributed by atoms with Gasteiger partial charge >= 0.3 is 0 Å². The molecular weight excluding hydrogens is 170 g/mol. The first-order valence-corrected chi connectivity index (χ1v) is 5.20. The zero-order valence-electron chi connectivity index (χ0n) is 9.75. The van der Waals surface area contributed by atoms with Crippen LogP contribution < -0.4 is 0 Å². The van der Waals surface area contributed by atoms with Gasteiger partial charge in [0.1, 0.15) is 0 Å². The largest absolute Gasteiger partial charge is 0.264 e. The SMILES string of the molecule is C/C=C(C)/C=N\C=C/C(C)=C/CCC. The van der Waals surface area contributed by atoms with E-state index in [-0.39, 0.29) is 0 Å². The molecule has 78 valence electrons. The highest BCUT2D eigenvalue weighted by Crippen LogP contribution is 1.99. The van der Waals surface area contributed by atoms with Gasteiger partial charge in [0.25, 0.3) is 0 Å². The Kier molecular flexibility index (Phi) is 7.81. The molecule has 0 aromatic rings. The van der Waals surface area contributed by atoms with Crippen molar-refractivity contribution in [2.45, 2.75) is 40.5 Å². The monoisotopic (exact) mass is 191 g/mol. The maximum absolute atomic E-state index is 4.18. The molecular formula is C13H21N. The first kappa shape index (κ1) is 12.9. The van der Waals surface area contributed by atoms with Crippen LogP contribution in [0.4, 0.5) is 0 Å². The van der Waals surface area contributed by atoms with Crippen molar-refractivity contribution in [1.82, 2.24) is 0 Å². The lowest BCUT2D eigenvalue weighted by Gasteiger charge is -1.90. The third-order valence-electron chi connectivity index (χ3n) is 1.91. The lowest BCUT2D eigenvalue weighted by molar-refractivity contribution is 0.952. The predicted molar refractivity (Wildman–Crippen MR) is 65.7 cm³/mol. The molecule has 0 amide bonds. The van der Waals surface area contributed by atoms with Crippen LogP contribution in [0.2, 0.25) is 0 Å². The van der Waals surface area contributed by atoms with E-state index in [0.29, 0.717) is 0 Å². The van der Waals surface area contributed by atoms with Crippen molar-refractivity contribution in [3.63, 3.8) is 0 Å². The summed E-state index contributed by atoms with van der Waals surface area (Å²) in [6.07, 6.45) is 12.4. The van der Waals surface area contributed by atoms with Gasteiger partial charge < -0.3 is 0 Å². The Labute approximate surface area is 87.9 Å². The van der Waals surface area contributed by atoms with E-state index in [4.69, 9.17) is 0 Å². The van der Waals surface area contributed by atoms with E-state index in [1.807, 2.05) is 38.4 Å². The number of unbranched alkanes of at least 4 members (excludes halogenated alkanes) is 1. The molecule has 0 rings (SSSR count). The van der Waals surface area contributed by atoms with Crippen LogP contribution in [-0.4, -0.2) is 6.21 Å². The average Bonchev–Trinajstić information content (AvgIpc) is 2.21. The van der Waals surface area contributed by atoms with Gasteiger partial charge in [-0.1, -0.05) is 31.1 Å². The van der Waals surface area contributed by atoms with Crippen LogP contribution in [-0.2, 0) is 0 Å². The minimum absolute atomic E-state index is 1.15. The minimum atomic E-state index is 1.15. The third kappa shape index (κ3) is 7.53. The van der Waals surface area contributed by atoms with Gasteiger partial charge in [-0.15, -0.1) is 0 Å². The summed E-state index contributed by atoms with van der Waals surface area (Å²) in [6.45, 7) is 8.33. The lowest BCUT2D eigenvalue weighted by atomic mass is 10.2. The van der Waals surface area contributed by atoms with Crippen molar-refractivity contribution < 1.29 is 0 Å². The molecule has 0 radical (unpaired) electrons. The van der Waals surface area contributed by atoms with Crippen molar-refractivity contribution in [2.24, 2.45) is 4.99 Å². The van der Waals surface area contributed by atoms with Crippen LogP contribution in [0.25, 0.3) is 0 Å². The maximum atomic E-state index is 4.18. The molecule has 0 atom stereocenters. The molecule has 0 saturated carbocycles. The molecule has 0 N–H and O–H groups in total. The number of hydrogen-bond acceptors (Lipinski definition) is 1. The molecule has 1 heteroatoms. The zero-order valence-corrected chi connectivity index (χ0v) is 9.75. The van der Waals surface area contributed by atoms with Crippen LogP contribution in [0.15, 0.2) is 40.6 Å². The molecule has 0 heterocycles. The van der Waals surface area contributed by atoms with E-state index in [0.717, 1.165) is 6.42 Å². The molecule has 0 aliphatic rings. The number of rotatable bonds is 5. The van der Waals surface area contributed by atoms with Gasteiger partial charge in [0, 0.05) is 12.4 Å². The molecule has 0 unspecified atom stereocenters. The molecule has 1 nitrogen and oxygen atoms in total. The summed E-state index contributed by atoms with van der Waals surface area (Å²) in [5, 5.41) is 0. The summed E-state index contributed by atoms with van der Waals surface area (Å²) in [6, 6.07) is 0. The Bertz CT molecular complexity index is 254. The van der Waals surface area contributed by atoms with E-state index in [1.165, 1.54) is 17.6 Å². The topological polar surface area (TPSA) is 12.4 Å². The predicted octanol–water partition coefficient (Wildman–Crippen LogP) is 4.28. The molecule has 0 bridgehead atoms. The molecule has 0 saturated heterocycles. The molecule has 0 aromatic heterocycles. The Morgan fingerprint density at radius 2 is 1.93 bits per heavy atom. The van der Waals surface area contributed by atoms with E-state index >= 15 is 0 Å². The van der Waals surface area contributed by atoms with E-state index in [2.05, 4.69) is 24.9 Å². The van der Waals surface area contributed by atoms with Gasteiger partial charge in [-0.3, -0.25) is 4.99 Å². The van der Waals surface area contributed by atoms with Crippen molar-refractivity contribution in [3.05, 3.63) is 35.6 Å². The second-order valence-corrected chi connectivity index (χ2v) is 3.36. The smallest absolute Gasteiger partial charge is 0.0293 e. The van der Waals surface area contributed by atoms with Crippen molar-refractivity contribution in [2.75, 3.05) is 0 Å². The van der Waals surface area contributed by atoms with E-state index in [9.17, 15) is 0 Å². The van der Waals surface area contributed by atoms with Gasteiger partial charge in [0.15, 0.2) is 0 Å². The normalized spacial score (nSPS) is 14.6. The quantitative estimate of drug-likeness (QED) is 0.454. The van der Waals surface area contributed by atoms with Gasteiger partial charge in [-0.2, -0.15) is 0 Å².